The molecular weight excluding hydrogens is 383 g/mol. The number of hydrogen-bond donors (Lipinski definition) is 1. The highest BCUT2D eigenvalue weighted by Gasteiger charge is 2.12. The van der Waals surface area contributed by atoms with E-state index in [0.717, 1.165) is 17.7 Å². The lowest BCUT2D eigenvalue weighted by molar-refractivity contribution is 0.284. The molecule has 140 valence electrons. The number of ether oxygens (including phenoxy) is 2. The lowest BCUT2D eigenvalue weighted by atomic mass is 10.2. The number of aromatic nitrogens is 1. The lowest BCUT2D eigenvalue weighted by Crippen LogP contribution is -2.13. The molecule has 0 aliphatic carbocycles. The minimum Gasteiger partial charge on any atom is -0.493 e. The molecule has 2 aromatic carbocycles. The van der Waals surface area contributed by atoms with Crippen LogP contribution >= 0.6 is 23.2 Å². The van der Waals surface area contributed by atoms with Gasteiger partial charge in [0, 0.05) is 30.5 Å². The molecule has 0 aliphatic heterocycles. The molecule has 3 rings (SSSR count). The van der Waals surface area contributed by atoms with Gasteiger partial charge < -0.3 is 14.8 Å². The molecule has 0 fully saturated rings. The van der Waals surface area contributed by atoms with Crippen molar-refractivity contribution in [1.29, 1.82) is 0 Å². The maximum absolute atomic E-state index is 6.44. The van der Waals surface area contributed by atoms with E-state index in [2.05, 4.69) is 10.3 Å². The number of halogens is 2. The molecule has 27 heavy (non-hydrogen) atoms. The summed E-state index contributed by atoms with van der Waals surface area (Å²) < 4.78 is 11.4. The SMILES string of the molecule is COc1cc(CNCc2ccncc2)cc(Cl)c1OCc1cccc(Cl)c1. The second-order valence-corrected chi connectivity index (χ2v) is 6.83. The van der Waals surface area contributed by atoms with Crippen molar-refractivity contribution >= 4 is 23.2 Å². The van der Waals surface area contributed by atoms with E-state index in [1.807, 2.05) is 48.5 Å². The van der Waals surface area contributed by atoms with Gasteiger partial charge in [0.15, 0.2) is 11.5 Å². The van der Waals surface area contributed by atoms with Crippen molar-refractivity contribution in [2.45, 2.75) is 19.7 Å². The molecule has 0 bridgehead atoms. The van der Waals surface area contributed by atoms with Gasteiger partial charge >= 0.3 is 0 Å². The van der Waals surface area contributed by atoms with Gasteiger partial charge in [-0.1, -0.05) is 35.3 Å². The van der Waals surface area contributed by atoms with E-state index in [0.29, 0.717) is 34.7 Å². The third-order valence-electron chi connectivity index (χ3n) is 3.97. The topological polar surface area (TPSA) is 43.4 Å². The minimum absolute atomic E-state index is 0.357. The Morgan fingerprint density at radius 3 is 2.44 bits per heavy atom. The van der Waals surface area contributed by atoms with Crippen molar-refractivity contribution in [3.05, 3.63) is 87.7 Å². The Balaban J connectivity index is 1.65. The molecule has 4 nitrogen and oxygen atoms in total. The molecule has 0 amide bonds. The van der Waals surface area contributed by atoms with E-state index < -0.39 is 0 Å². The lowest BCUT2D eigenvalue weighted by Gasteiger charge is -2.15. The van der Waals surface area contributed by atoms with Gasteiger partial charge in [0.05, 0.1) is 12.1 Å². The molecule has 0 saturated carbocycles. The standard InChI is InChI=1S/C21H20Cl2N2O2/c1-26-20-11-17(13-25-12-15-5-7-24-8-6-15)10-19(23)21(20)27-14-16-3-2-4-18(22)9-16/h2-11,25H,12-14H2,1H3. The molecule has 0 spiro atoms. The molecule has 0 radical (unpaired) electrons. The van der Waals surface area contributed by atoms with Crippen molar-refractivity contribution in [2.24, 2.45) is 0 Å². The first-order chi connectivity index (χ1) is 13.2. The van der Waals surface area contributed by atoms with Gasteiger partial charge in [-0.05, 0) is 53.1 Å². The monoisotopic (exact) mass is 402 g/mol. The number of nitrogens with zero attached hydrogens (tertiary/aromatic N) is 1. The van der Waals surface area contributed by atoms with Crippen LogP contribution in [0, 0.1) is 0 Å². The van der Waals surface area contributed by atoms with Gasteiger partial charge in [0.25, 0.3) is 0 Å². The fourth-order valence-electron chi connectivity index (χ4n) is 2.65. The second kappa shape index (κ2) is 9.60. The van der Waals surface area contributed by atoms with Crippen molar-refractivity contribution < 1.29 is 9.47 Å². The number of nitrogens with one attached hydrogen (secondary N) is 1. The van der Waals surface area contributed by atoms with E-state index in [-0.39, 0.29) is 0 Å². The zero-order valence-electron chi connectivity index (χ0n) is 14.9. The largest absolute Gasteiger partial charge is 0.493 e. The van der Waals surface area contributed by atoms with Crippen molar-refractivity contribution in [1.82, 2.24) is 10.3 Å². The Labute approximate surface area is 169 Å². The van der Waals surface area contributed by atoms with Gasteiger partial charge in [-0.3, -0.25) is 4.98 Å². The molecular formula is C21H20Cl2N2O2. The highest BCUT2D eigenvalue weighted by atomic mass is 35.5. The molecule has 6 heteroatoms. The van der Waals surface area contributed by atoms with E-state index in [1.165, 1.54) is 5.56 Å². The summed E-state index contributed by atoms with van der Waals surface area (Å²) in [7, 11) is 1.60. The molecule has 0 saturated heterocycles. The first-order valence-corrected chi connectivity index (χ1v) is 9.24. The maximum Gasteiger partial charge on any atom is 0.180 e. The van der Waals surface area contributed by atoms with Crippen LogP contribution < -0.4 is 14.8 Å². The van der Waals surface area contributed by atoms with Crippen LogP contribution in [-0.4, -0.2) is 12.1 Å². The van der Waals surface area contributed by atoms with Crippen LogP contribution in [0.25, 0.3) is 0 Å². The quantitative estimate of drug-likeness (QED) is 0.557. The Hall–Kier alpha value is -2.27. The minimum atomic E-state index is 0.357. The van der Waals surface area contributed by atoms with Gasteiger partial charge in [0.2, 0.25) is 0 Å². The normalized spacial score (nSPS) is 10.6. The Morgan fingerprint density at radius 2 is 1.70 bits per heavy atom. The van der Waals surface area contributed by atoms with Crippen LogP contribution in [0.2, 0.25) is 10.0 Å². The third kappa shape index (κ3) is 5.60. The fraction of sp³-hybridized carbons (Fsp3) is 0.190. The summed E-state index contributed by atoms with van der Waals surface area (Å²) in [4.78, 5) is 4.02. The first kappa shape index (κ1) is 19.5. The van der Waals surface area contributed by atoms with Gasteiger partial charge in [-0.25, -0.2) is 0 Å². The molecule has 0 aliphatic rings. The number of methoxy groups -OCH3 is 1. The van der Waals surface area contributed by atoms with Gasteiger partial charge in [-0.15, -0.1) is 0 Å². The maximum atomic E-state index is 6.44. The van der Waals surface area contributed by atoms with E-state index in [1.54, 1.807) is 19.5 Å². The van der Waals surface area contributed by atoms with Gasteiger partial charge in [-0.2, -0.15) is 0 Å². The average Bonchev–Trinajstić information content (AvgIpc) is 2.67. The molecule has 0 unspecified atom stereocenters. The highest BCUT2D eigenvalue weighted by molar-refractivity contribution is 6.32. The zero-order valence-corrected chi connectivity index (χ0v) is 16.4. The first-order valence-electron chi connectivity index (χ1n) is 8.49. The van der Waals surface area contributed by atoms with Crippen molar-refractivity contribution in [2.75, 3.05) is 7.11 Å². The van der Waals surface area contributed by atoms with Crippen LogP contribution in [-0.2, 0) is 19.7 Å². The number of hydrogen-bond acceptors (Lipinski definition) is 4. The number of rotatable bonds is 8. The van der Waals surface area contributed by atoms with Gasteiger partial charge in [0.1, 0.15) is 6.61 Å². The molecule has 1 aromatic heterocycles. The van der Waals surface area contributed by atoms with E-state index in [4.69, 9.17) is 32.7 Å². The Kier molecular flexibility index (Phi) is 6.93. The van der Waals surface area contributed by atoms with Crippen LogP contribution in [0.5, 0.6) is 11.5 Å². The summed E-state index contributed by atoms with van der Waals surface area (Å²) in [5.74, 6) is 1.13. The molecule has 3 aromatic rings. The van der Waals surface area contributed by atoms with Crippen molar-refractivity contribution in [3.63, 3.8) is 0 Å². The van der Waals surface area contributed by atoms with Crippen molar-refractivity contribution in [3.8, 4) is 11.5 Å². The predicted molar refractivity (Wildman–Crippen MR) is 109 cm³/mol. The third-order valence-corrected chi connectivity index (χ3v) is 4.48. The highest BCUT2D eigenvalue weighted by Crippen LogP contribution is 2.37. The smallest absolute Gasteiger partial charge is 0.180 e. The van der Waals surface area contributed by atoms with E-state index in [9.17, 15) is 0 Å². The molecule has 1 heterocycles. The Bertz CT molecular complexity index is 889. The fourth-order valence-corrected chi connectivity index (χ4v) is 3.15. The number of benzene rings is 2. The van der Waals surface area contributed by atoms with Crippen LogP contribution in [0.3, 0.4) is 0 Å². The van der Waals surface area contributed by atoms with Crippen LogP contribution in [0.15, 0.2) is 60.9 Å². The summed E-state index contributed by atoms with van der Waals surface area (Å²) in [6.45, 7) is 1.76. The zero-order chi connectivity index (χ0) is 19.1. The summed E-state index contributed by atoms with van der Waals surface area (Å²) in [5, 5.41) is 4.56. The second-order valence-electron chi connectivity index (χ2n) is 5.99. The van der Waals surface area contributed by atoms with Crippen LogP contribution in [0.1, 0.15) is 16.7 Å². The summed E-state index contributed by atoms with van der Waals surface area (Å²) in [6, 6.07) is 15.3. The Morgan fingerprint density at radius 1 is 0.926 bits per heavy atom. The summed E-state index contributed by atoms with van der Waals surface area (Å²) in [5.41, 5.74) is 3.15. The summed E-state index contributed by atoms with van der Waals surface area (Å²) >= 11 is 12.5. The average molecular weight is 403 g/mol. The number of pyridine rings is 1. The predicted octanol–water partition coefficient (Wildman–Crippen LogP) is 5.27. The van der Waals surface area contributed by atoms with Crippen LogP contribution in [0.4, 0.5) is 0 Å². The van der Waals surface area contributed by atoms with E-state index >= 15 is 0 Å². The molecule has 1 N–H and O–H groups in total. The molecule has 0 atom stereocenters. The summed E-state index contributed by atoms with van der Waals surface area (Å²) in [6.07, 6.45) is 3.56.